The molecule has 0 saturated heterocycles. The zero-order valence-corrected chi connectivity index (χ0v) is 11.1. The van der Waals surface area contributed by atoms with E-state index in [-0.39, 0.29) is 23.2 Å². The molecule has 0 aliphatic rings. The average molecular weight is 291 g/mol. The van der Waals surface area contributed by atoms with Crippen molar-refractivity contribution in [1.29, 1.82) is 0 Å². The molecule has 0 aliphatic carbocycles. The fourth-order valence-electron chi connectivity index (χ4n) is 1.64. The normalized spacial score (nSPS) is 10.1. The number of nitrogens with one attached hydrogen (secondary N) is 1. The first-order chi connectivity index (χ1) is 9.56. The van der Waals surface area contributed by atoms with Gasteiger partial charge in [-0.3, -0.25) is 4.79 Å². The van der Waals surface area contributed by atoms with E-state index in [1.165, 1.54) is 24.4 Å². The zero-order valence-electron chi connectivity index (χ0n) is 10.3. The van der Waals surface area contributed by atoms with Crippen molar-refractivity contribution in [2.75, 3.05) is 0 Å². The van der Waals surface area contributed by atoms with Crippen molar-refractivity contribution < 1.29 is 14.7 Å². The van der Waals surface area contributed by atoms with Crippen LogP contribution in [0.4, 0.5) is 0 Å². The number of nitrogens with zero attached hydrogens (tertiary/aromatic N) is 1. The van der Waals surface area contributed by atoms with Crippen LogP contribution in [0.15, 0.2) is 42.6 Å². The van der Waals surface area contributed by atoms with E-state index in [1.807, 2.05) is 0 Å². The third-order valence-corrected chi connectivity index (χ3v) is 2.82. The zero-order chi connectivity index (χ0) is 14.5. The van der Waals surface area contributed by atoms with E-state index in [2.05, 4.69) is 10.3 Å². The van der Waals surface area contributed by atoms with E-state index in [1.54, 1.807) is 18.2 Å². The number of benzene rings is 1. The number of hydrogen-bond acceptors (Lipinski definition) is 3. The number of carboxylic acid groups (broad SMARTS) is 1. The molecule has 2 aromatic rings. The third kappa shape index (κ3) is 3.55. The summed E-state index contributed by atoms with van der Waals surface area (Å²) >= 11 is 5.71. The predicted octanol–water partition coefficient (Wildman–Crippen LogP) is 2.36. The summed E-state index contributed by atoms with van der Waals surface area (Å²) in [5.74, 6) is -1.30. The highest BCUT2D eigenvalue weighted by atomic mass is 35.5. The number of aromatic nitrogens is 1. The lowest BCUT2D eigenvalue weighted by Crippen LogP contribution is -2.22. The molecule has 1 aromatic heterocycles. The van der Waals surface area contributed by atoms with Crippen LogP contribution < -0.4 is 5.32 Å². The van der Waals surface area contributed by atoms with Gasteiger partial charge in [0.05, 0.1) is 5.56 Å². The number of pyridine rings is 1. The van der Waals surface area contributed by atoms with Crippen molar-refractivity contribution in [3.8, 4) is 0 Å². The lowest BCUT2D eigenvalue weighted by atomic mass is 10.1. The van der Waals surface area contributed by atoms with Crippen LogP contribution in [0.2, 0.25) is 5.15 Å². The number of carbonyl (C=O) groups excluding carboxylic acids is 1. The molecule has 1 aromatic carbocycles. The Kier molecular flexibility index (Phi) is 4.32. The van der Waals surface area contributed by atoms with Gasteiger partial charge < -0.3 is 10.4 Å². The molecule has 2 N–H and O–H groups in total. The molecular formula is C14H11ClN2O3. The monoisotopic (exact) mass is 290 g/mol. The highest BCUT2D eigenvalue weighted by Gasteiger charge is 2.07. The van der Waals surface area contributed by atoms with E-state index in [4.69, 9.17) is 16.7 Å². The molecular weight excluding hydrogens is 280 g/mol. The highest BCUT2D eigenvalue weighted by molar-refractivity contribution is 6.29. The Morgan fingerprint density at radius 1 is 1.20 bits per heavy atom. The topological polar surface area (TPSA) is 79.3 Å². The van der Waals surface area contributed by atoms with Gasteiger partial charge in [0, 0.05) is 18.3 Å². The largest absolute Gasteiger partial charge is 0.478 e. The van der Waals surface area contributed by atoms with Gasteiger partial charge in [-0.15, -0.1) is 0 Å². The van der Waals surface area contributed by atoms with E-state index in [0.717, 1.165) is 0 Å². The first-order valence-electron chi connectivity index (χ1n) is 5.78. The Balaban J connectivity index is 2.03. The van der Waals surface area contributed by atoms with Crippen LogP contribution >= 0.6 is 11.6 Å². The first-order valence-corrected chi connectivity index (χ1v) is 6.16. The van der Waals surface area contributed by atoms with Crippen LogP contribution in [0.3, 0.4) is 0 Å². The second-order valence-corrected chi connectivity index (χ2v) is 4.44. The van der Waals surface area contributed by atoms with Gasteiger partial charge in [0.25, 0.3) is 5.91 Å². The molecule has 0 unspecified atom stereocenters. The number of aromatic carboxylic acids is 1. The molecule has 1 heterocycles. The Morgan fingerprint density at radius 2 is 2.00 bits per heavy atom. The van der Waals surface area contributed by atoms with Crippen LogP contribution in [0, 0.1) is 0 Å². The number of rotatable bonds is 4. The predicted molar refractivity (Wildman–Crippen MR) is 73.8 cm³/mol. The third-order valence-electron chi connectivity index (χ3n) is 2.62. The fourth-order valence-corrected chi connectivity index (χ4v) is 1.82. The Hall–Kier alpha value is -2.40. The molecule has 5 nitrogen and oxygen atoms in total. The minimum Gasteiger partial charge on any atom is -0.478 e. The van der Waals surface area contributed by atoms with Crippen LogP contribution in [0.5, 0.6) is 0 Å². The average Bonchev–Trinajstić information content (AvgIpc) is 2.45. The van der Waals surface area contributed by atoms with Crippen molar-refractivity contribution in [2.24, 2.45) is 0 Å². The van der Waals surface area contributed by atoms with Gasteiger partial charge in [-0.05, 0) is 29.8 Å². The van der Waals surface area contributed by atoms with E-state index in [9.17, 15) is 9.59 Å². The van der Waals surface area contributed by atoms with Gasteiger partial charge in [-0.2, -0.15) is 0 Å². The smallest absolute Gasteiger partial charge is 0.335 e. The Morgan fingerprint density at radius 3 is 2.70 bits per heavy atom. The molecule has 1 amide bonds. The number of carboxylic acids is 1. The maximum atomic E-state index is 11.9. The summed E-state index contributed by atoms with van der Waals surface area (Å²) in [6, 6.07) is 9.40. The van der Waals surface area contributed by atoms with Crippen LogP contribution in [-0.2, 0) is 6.54 Å². The maximum Gasteiger partial charge on any atom is 0.335 e. The minimum atomic E-state index is -1.00. The molecule has 0 spiro atoms. The summed E-state index contributed by atoms with van der Waals surface area (Å²) in [4.78, 5) is 26.5. The lowest BCUT2D eigenvalue weighted by molar-refractivity contribution is 0.0696. The van der Waals surface area contributed by atoms with Gasteiger partial charge >= 0.3 is 5.97 Å². The highest BCUT2D eigenvalue weighted by Crippen LogP contribution is 2.08. The second kappa shape index (κ2) is 6.16. The molecule has 0 aliphatic heterocycles. The number of carbonyl (C=O) groups is 2. The van der Waals surface area contributed by atoms with Gasteiger partial charge in [-0.1, -0.05) is 23.7 Å². The summed E-state index contributed by atoms with van der Waals surface area (Å²) in [6.07, 6.45) is 1.45. The van der Waals surface area contributed by atoms with E-state index in [0.29, 0.717) is 11.1 Å². The molecule has 0 saturated carbocycles. The number of halogens is 1. The summed E-state index contributed by atoms with van der Waals surface area (Å²) < 4.78 is 0. The van der Waals surface area contributed by atoms with Crippen molar-refractivity contribution >= 4 is 23.5 Å². The SMILES string of the molecule is O=C(O)c1cccc(CNC(=O)c2ccnc(Cl)c2)c1. The van der Waals surface area contributed by atoms with Gasteiger partial charge in [0.15, 0.2) is 0 Å². The Bertz CT molecular complexity index is 658. The summed E-state index contributed by atoms with van der Waals surface area (Å²) in [5, 5.41) is 11.8. The molecule has 6 heteroatoms. The quantitative estimate of drug-likeness (QED) is 0.847. The van der Waals surface area contributed by atoms with Crippen molar-refractivity contribution in [3.63, 3.8) is 0 Å². The molecule has 2 rings (SSSR count). The van der Waals surface area contributed by atoms with Crippen molar-refractivity contribution in [1.82, 2.24) is 10.3 Å². The standard InChI is InChI=1S/C14H11ClN2O3/c15-12-7-10(4-5-16-12)13(18)17-8-9-2-1-3-11(6-9)14(19)20/h1-7H,8H2,(H,17,18)(H,19,20). The molecule has 20 heavy (non-hydrogen) atoms. The molecule has 102 valence electrons. The van der Waals surface area contributed by atoms with Crippen molar-refractivity contribution in [3.05, 3.63) is 64.4 Å². The maximum absolute atomic E-state index is 11.9. The Labute approximate surface area is 120 Å². The minimum absolute atomic E-state index is 0.184. The summed E-state index contributed by atoms with van der Waals surface area (Å²) in [5.41, 5.74) is 1.29. The second-order valence-electron chi connectivity index (χ2n) is 4.06. The number of hydrogen-bond donors (Lipinski definition) is 2. The van der Waals surface area contributed by atoms with Crippen LogP contribution in [0.1, 0.15) is 26.3 Å². The molecule has 0 radical (unpaired) electrons. The summed E-state index contributed by atoms with van der Waals surface area (Å²) in [6.45, 7) is 0.236. The van der Waals surface area contributed by atoms with Gasteiger partial charge in [0.2, 0.25) is 0 Å². The molecule has 0 bridgehead atoms. The number of amides is 1. The van der Waals surface area contributed by atoms with E-state index >= 15 is 0 Å². The van der Waals surface area contributed by atoms with Gasteiger partial charge in [-0.25, -0.2) is 9.78 Å². The summed E-state index contributed by atoms with van der Waals surface area (Å²) in [7, 11) is 0. The van der Waals surface area contributed by atoms with Crippen LogP contribution in [-0.4, -0.2) is 22.0 Å². The molecule has 0 fully saturated rings. The molecule has 0 atom stereocenters. The first kappa shape index (κ1) is 14.0. The van der Waals surface area contributed by atoms with Crippen molar-refractivity contribution in [2.45, 2.75) is 6.54 Å². The fraction of sp³-hybridized carbons (Fsp3) is 0.0714. The van der Waals surface area contributed by atoms with E-state index < -0.39 is 5.97 Å². The van der Waals surface area contributed by atoms with Gasteiger partial charge in [0.1, 0.15) is 5.15 Å². The lowest BCUT2D eigenvalue weighted by Gasteiger charge is -2.06. The van der Waals surface area contributed by atoms with Crippen LogP contribution in [0.25, 0.3) is 0 Å².